The number of halogens is 2. The van der Waals surface area contributed by atoms with Gasteiger partial charge in [0.1, 0.15) is 12.1 Å². The Kier molecular flexibility index (Phi) is 5.01. The van der Waals surface area contributed by atoms with Crippen LogP contribution in [-0.2, 0) is 15.5 Å². The van der Waals surface area contributed by atoms with Gasteiger partial charge in [0.25, 0.3) is 0 Å². The van der Waals surface area contributed by atoms with Crippen molar-refractivity contribution in [2.24, 2.45) is 0 Å². The van der Waals surface area contributed by atoms with Gasteiger partial charge in [0, 0.05) is 13.0 Å². The van der Waals surface area contributed by atoms with E-state index in [9.17, 15) is 13.6 Å². The number of aromatic nitrogens is 2. The predicted octanol–water partition coefficient (Wildman–Crippen LogP) is 2.06. The standard InChI is InChI=1S/C18H16F2N4O3/c1-3-18(19,20)15-16(27-11-7-14(22-9-11)17(25)26-2)24-13-6-10(8-21)4-5-12(13)23-15/h3-6,11,14,22H,1,7,9H2,2H3/t11-,14+/m1/s1. The van der Waals surface area contributed by atoms with Gasteiger partial charge in [0.2, 0.25) is 5.88 Å². The van der Waals surface area contributed by atoms with Crippen molar-refractivity contribution in [2.75, 3.05) is 13.7 Å². The summed E-state index contributed by atoms with van der Waals surface area (Å²) in [6.45, 7) is 3.41. The topological polar surface area (TPSA) is 97.1 Å². The molecule has 2 heterocycles. The predicted molar refractivity (Wildman–Crippen MR) is 91.2 cm³/mol. The van der Waals surface area contributed by atoms with Crippen molar-refractivity contribution in [1.82, 2.24) is 15.3 Å². The molecule has 2 aromatic rings. The summed E-state index contributed by atoms with van der Waals surface area (Å²) < 4.78 is 38.9. The molecule has 0 bridgehead atoms. The lowest BCUT2D eigenvalue weighted by atomic mass is 10.1. The number of benzene rings is 1. The van der Waals surface area contributed by atoms with Crippen LogP contribution in [0.4, 0.5) is 8.78 Å². The van der Waals surface area contributed by atoms with Crippen molar-refractivity contribution in [3.05, 3.63) is 42.1 Å². The highest BCUT2D eigenvalue weighted by Crippen LogP contribution is 2.35. The second-order valence-electron chi connectivity index (χ2n) is 5.98. The first kappa shape index (κ1) is 18.7. The van der Waals surface area contributed by atoms with E-state index in [2.05, 4.69) is 26.6 Å². The van der Waals surface area contributed by atoms with Gasteiger partial charge in [-0.1, -0.05) is 6.58 Å². The number of ether oxygens (including phenoxy) is 2. The molecule has 0 radical (unpaired) electrons. The Morgan fingerprint density at radius 2 is 2.22 bits per heavy atom. The van der Waals surface area contributed by atoms with Crippen LogP contribution in [0.2, 0.25) is 0 Å². The minimum Gasteiger partial charge on any atom is -0.471 e. The number of allylic oxidation sites excluding steroid dienone is 1. The molecule has 0 spiro atoms. The molecule has 0 aliphatic carbocycles. The lowest BCUT2D eigenvalue weighted by molar-refractivity contribution is -0.142. The molecule has 9 heteroatoms. The van der Waals surface area contributed by atoms with Crippen molar-refractivity contribution in [2.45, 2.75) is 24.5 Å². The molecule has 1 fully saturated rings. The number of hydrogen-bond donors (Lipinski definition) is 1. The van der Waals surface area contributed by atoms with Crippen molar-refractivity contribution in [3.63, 3.8) is 0 Å². The van der Waals surface area contributed by atoms with Crippen molar-refractivity contribution >= 4 is 17.0 Å². The first-order chi connectivity index (χ1) is 12.9. The molecular formula is C18H16F2N4O3. The Balaban J connectivity index is 1.99. The highest BCUT2D eigenvalue weighted by molar-refractivity contribution is 5.77. The third-order valence-electron chi connectivity index (χ3n) is 4.19. The van der Waals surface area contributed by atoms with E-state index in [1.165, 1.54) is 25.3 Å². The maximum absolute atomic E-state index is 14.3. The SMILES string of the molecule is C=CC(F)(F)c1nc2ccc(C#N)cc2nc1O[C@H]1CN[C@H](C(=O)OC)C1. The Bertz CT molecular complexity index is 942. The van der Waals surface area contributed by atoms with E-state index < -0.39 is 29.7 Å². The largest absolute Gasteiger partial charge is 0.471 e. The van der Waals surface area contributed by atoms with Crippen LogP contribution in [0.5, 0.6) is 5.88 Å². The van der Waals surface area contributed by atoms with E-state index in [0.717, 1.165) is 0 Å². The normalized spacial score (nSPS) is 19.5. The van der Waals surface area contributed by atoms with E-state index in [1.54, 1.807) is 0 Å². The van der Waals surface area contributed by atoms with Crippen molar-refractivity contribution in [3.8, 4) is 11.9 Å². The monoisotopic (exact) mass is 374 g/mol. The lowest BCUT2D eigenvalue weighted by Crippen LogP contribution is -2.31. The zero-order chi connectivity index (χ0) is 19.6. The molecule has 1 aromatic heterocycles. The number of alkyl halides is 2. The Morgan fingerprint density at radius 1 is 1.44 bits per heavy atom. The molecule has 1 aromatic carbocycles. The summed E-state index contributed by atoms with van der Waals surface area (Å²) in [5.41, 5.74) is 0.105. The number of methoxy groups -OCH3 is 1. The van der Waals surface area contributed by atoms with Gasteiger partial charge in [-0.05, 0) is 24.3 Å². The van der Waals surface area contributed by atoms with Crippen LogP contribution in [0.25, 0.3) is 11.0 Å². The number of carbonyl (C=O) groups excluding carboxylic acids is 1. The molecule has 0 saturated carbocycles. The molecule has 0 unspecified atom stereocenters. The first-order valence-electron chi connectivity index (χ1n) is 8.09. The summed E-state index contributed by atoms with van der Waals surface area (Å²) in [5.74, 6) is -4.28. The number of esters is 1. The molecule has 1 saturated heterocycles. The summed E-state index contributed by atoms with van der Waals surface area (Å²) in [4.78, 5) is 19.7. The Labute approximate surface area is 153 Å². The molecular weight excluding hydrogens is 358 g/mol. The highest BCUT2D eigenvalue weighted by atomic mass is 19.3. The summed E-state index contributed by atoms with van der Waals surface area (Å²) in [6.07, 6.45) is 0.132. The highest BCUT2D eigenvalue weighted by Gasteiger charge is 2.37. The number of carbonyl (C=O) groups is 1. The molecule has 7 nitrogen and oxygen atoms in total. The van der Waals surface area contributed by atoms with E-state index in [1.807, 2.05) is 6.07 Å². The number of nitrogens with zero attached hydrogens (tertiary/aromatic N) is 3. The van der Waals surface area contributed by atoms with E-state index >= 15 is 0 Å². The Morgan fingerprint density at radius 3 is 2.89 bits per heavy atom. The number of rotatable bonds is 5. The van der Waals surface area contributed by atoms with Gasteiger partial charge >= 0.3 is 11.9 Å². The van der Waals surface area contributed by atoms with Gasteiger partial charge < -0.3 is 14.8 Å². The lowest BCUT2D eigenvalue weighted by Gasteiger charge is -2.18. The summed E-state index contributed by atoms with van der Waals surface area (Å²) in [5, 5.41) is 11.9. The van der Waals surface area contributed by atoms with Crippen molar-refractivity contribution in [1.29, 1.82) is 5.26 Å². The molecule has 140 valence electrons. The number of nitriles is 1. The van der Waals surface area contributed by atoms with Gasteiger partial charge in [-0.3, -0.25) is 4.79 Å². The second kappa shape index (κ2) is 7.25. The van der Waals surface area contributed by atoms with Gasteiger partial charge in [0.15, 0.2) is 5.69 Å². The fraction of sp³-hybridized carbons (Fsp3) is 0.333. The van der Waals surface area contributed by atoms with Gasteiger partial charge in [-0.2, -0.15) is 14.0 Å². The summed E-state index contributed by atoms with van der Waals surface area (Å²) >= 11 is 0. The minimum atomic E-state index is -3.46. The van der Waals surface area contributed by atoms with Crippen LogP contribution < -0.4 is 10.1 Å². The zero-order valence-corrected chi connectivity index (χ0v) is 14.4. The molecule has 1 aliphatic heterocycles. The smallest absolute Gasteiger partial charge is 0.323 e. The van der Waals surface area contributed by atoms with Gasteiger partial charge in [-0.15, -0.1) is 0 Å². The second-order valence-corrected chi connectivity index (χ2v) is 5.98. The number of hydrogen-bond acceptors (Lipinski definition) is 7. The molecule has 27 heavy (non-hydrogen) atoms. The van der Waals surface area contributed by atoms with Crippen LogP contribution in [-0.4, -0.2) is 41.7 Å². The van der Waals surface area contributed by atoms with Crippen LogP contribution in [0.1, 0.15) is 17.7 Å². The molecule has 0 amide bonds. The van der Waals surface area contributed by atoms with Crippen LogP contribution in [0, 0.1) is 11.3 Å². The average Bonchev–Trinajstić information content (AvgIpc) is 3.14. The van der Waals surface area contributed by atoms with E-state index in [4.69, 9.17) is 10.00 Å². The Hall–Kier alpha value is -3.12. The van der Waals surface area contributed by atoms with Crippen LogP contribution in [0.15, 0.2) is 30.9 Å². The maximum Gasteiger partial charge on any atom is 0.323 e. The van der Waals surface area contributed by atoms with E-state index in [-0.39, 0.29) is 29.9 Å². The number of fused-ring (bicyclic) bond motifs is 1. The molecule has 1 N–H and O–H groups in total. The first-order valence-corrected chi connectivity index (χ1v) is 8.09. The maximum atomic E-state index is 14.3. The van der Waals surface area contributed by atoms with Gasteiger partial charge in [0.05, 0.1) is 29.8 Å². The quantitative estimate of drug-likeness (QED) is 0.632. The third kappa shape index (κ3) is 3.71. The van der Waals surface area contributed by atoms with Crippen LogP contribution >= 0.6 is 0 Å². The fourth-order valence-corrected chi connectivity index (χ4v) is 2.78. The van der Waals surface area contributed by atoms with Gasteiger partial charge in [-0.25, -0.2) is 9.97 Å². The average molecular weight is 374 g/mol. The molecule has 3 rings (SSSR count). The van der Waals surface area contributed by atoms with Crippen molar-refractivity contribution < 1.29 is 23.0 Å². The molecule has 2 atom stereocenters. The summed E-state index contributed by atoms with van der Waals surface area (Å²) in [6, 6.07) is 5.73. The minimum absolute atomic E-state index is 0.204. The van der Waals surface area contributed by atoms with Crippen LogP contribution in [0.3, 0.4) is 0 Å². The zero-order valence-electron chi connectivity index (χ0n) is 14.4. The van der Waals surface area contributed by atoms with E-state index in [0.29, 0.717) is 11.6 Å². The summed E-state index contributed by atoms with van der Waals surface area (Å²) in [7, 11) is 1.27. The fourth-order valence-electron chi connectivity index (χ4n) is 2.78. The molecule has 1 aliphatic rings. The third-order valence-corrected chi connectivity index (χ3v) is 4.19. The number of nitrogens with one attached hydrogen (secondary N) is 1.